The Kier molecular flexibility index (Phi) is 5.31. The zero-order valence-corrected chi connectivity index (χ0v) is 16.3. The summed E-state index contributed by atoms with van der Waals surface area (Å²) in [4.78, 5) is 4.35. The maximum absolute atomic E-state index is 13.2. The van der Waals surface area contributed by atoms with Crippen molar-refractivity contribution in [2.75, 3.05) is 0 Å². The molecule has 29 heavy (non-hydrogen) atoms. The van der Waals surface area contributed by atoms with E-state index in [0.717, 1.165) is 16.5 Å². The van der Waals surface area contributed by atoms with Crippen molar-refractivity contribution in [2.45, 2.75) is 4.90 Å². The normalized spacial score (nSPS) is 12.5. The molecule has 0 radical (unpaired) electrons. The molecule has 0 amide bonds. The van der Waals surface area contributed by atoms with Crippen molar-refractivity contribution >= 4 is 32.7 Å². The minimum Gasteiger partial charge on any atom is -0.255 e. The average Bonchev–Trinajstić information content (AvgIpc) is 2.77. The third-order valence-corrected chi connectivity index (χ3v) is 5.72. The molecule has 142 valence electrons. The summed E-state index contributed by atoms with van der Waals surface area (Å²) in [5, 5.41) is 0.755. The Hall–Kier alpha value is -3.57. The number of nitrogens with zero attached hydrogens (tertiary/aromatic N) is 2. The van der Waals surface area contributed by atoms with Crippen LogP contribution in [0.4, 0.5) is 0 Å². The lowest BCUT2D eigenvalue weighted by atomic mass is 10.1. The monoisotopic (exact) mass is 398 g/mol. The predicted octanol–water partition coefficient (Wildman–Crippen LogP) is 5.13. The Morgan fingerprint density at radius 1 is 0.793 bits per heavy atom. The average molecular weight is 398 g/mol. The standard InChI is InChI=1S/C24H18N2O2S/c27-29(28,23-15-7-13-21-14-8-18-25-24(21)23)26-22(20-11-5-2-6-12-20)17-16-19-9-3-1-4-10-19/h1-18H/b17-16+,26-22-. The van der Waals surface area contributed by atoms with Gasteiger partial charge in [0.1, 0.15) is 4.90 Å². The lowest BCUT2D eigenvalue weighted by Gasteiger charge is -2.06. The molecular formula is C24H18N2O2S. The van der Waals surface area contributed by atoms with E-state index >= 15 is 0 Å². The first-order chi connectivity index (χ1) is 14.1. The van der Waals surface area contributed by atoms with Gasteiger partial charge >= 0.3 is 0 Å². The lowest BCUT2D eigenvalue weighted by Crippen LogP contribution is -2.05. The molecule has 0 saturated heterocycles. The molecule has 4 aromatic rings. The number of para-hydroxylation sites is 1. The second-order valence-corrected chi connectivity index (χ2v) is 7.97. The van der Waals surface area contributed by atoms with Crippen LogP contribution in [0.2, 0.25) is 0 Å². The zero-order valence-electron chi connectivity index (χ0n) is 15.5. The van der Waals surface area contributed by atoms with Gasteiger partial charge in [0.15, 0.2) is 0 Å². The molecule has 0 spiro atoms. The number of sulfonamides is 1. The van der Waals surface area contributed by atoms with E-state index in [1.807, 2.05) is 78.9 Å². The molecule has 0 aliphatic rings. The maximum Gasteiger partial charge on any atom is 0.285 e. The molecule has 0 unspecified atom stereocenters. The van der Waals surface area contributed by atoms with Crippen molar-refractivity contribution < 1.29 is 8.42 Å². The van der Waals surface area contributed by atoms with Gasteiger partial charge in [-0.2, -0.15) is 12.8 Å². The van der Waals surface area contributed by atoms with Gasteiger partial charge in [0.05, 0.1) is 11.2 Å². The first-order valence-electron chi connectivity index (χ1n) is 9.11. The van der Waals surface area contributed by atoms with E-state index in [4.69, 9.17) is 0 Å². The van der Waals surface area contributed by atoms with Crippen LogP contribution in [-0.2, 0) is 10.0 Å². The summed E-state index contributed by atoms with van der Waals surface area (Å²) in [5.41, 5.74) is 2.46. The molecule has 4 nitrogen and oxygen atoms in total. The Morgan fingerprint density at radius 2 is 1.48 bits per heavy atom. The molecule has 0 aliphatic heterocycles. The number of pyridine rings is 1. The van der Waals surface area contributed by atoms with Crippen LogP contribution in [0.5, 0.6) is 0 Å². The fourth-order valence-corrected chi connectivity index (χ4v) is 4.18. The van der Waals surface area contributed by atoms with Crippen LogP contribution in [0.15, 0.2) is 113 Å². The molecule has 4 rings (SSSR count). The van der Waals surface area contributed by atoms with Gasteiger partial charge < -0.3 is 0 Å². The third kappa shape index (κ3) is 4.31. The van der Waals surface area contributed by atoms with E-state index in [1.54, 1.807) is 24.4 Å². The number of hydrogen-bond acceptors (Lipinski definition) is 3. The van der Waals surface area contributed by atoms with Crippen molar-refractivity contribution in [2.24, 2.45) is 4.40 Å². The molecule has 5 heteroatoms. The van der Waals surface area contributed by atoms with Crippen molar-refractivity contribution in [3.8, 4) is 0 Å². The highest BCUT2D eigenvalue weighted by Crippen LogP contribution is 2.23. The minimum atomic E-state index is -3.96. The van der Waals surface area contributed by atoms with Crippen LogP contribution in [-0.4, -0.2) is 19.1 Å². The second-order valence-electron chi connectivity index (χ2n) is 6.39. The van der Waals surface area contributed by atoms with Crippen molar-refractivity contribution in [3.63, 3.8) is 0 Å². The summed E-state index contributed by atoms with van der Waals surface area (Å²) in [5.74, 6) is 0. The highest BCUT2D eigenvalue weighted by molar-refractivity contribution is 7.90. The quantitative estimate of drug-likeness (QED) is 0.438. The SMILES string of the molecule is O=S(=O)(/N=C(/C=C/c1ccccc1)c1ccccc1)c1cccc2cccnc12. The minimum absolute atomic E-state index is 0.0946. The molecule has 0 aliphatic carbocycles. The lowest BCUT2D eigenvalue weighted by molar-refractivity contribution is 0.599. The van der Waals surface area contributed by atoms with Crippen LogP contribution < -0.4 is 0 Å². The van der Waals surface area contributed by atoms with E-state index in [2.05, 4.69) is 9.38 Å². The van der Waals surface area contributed by atoms with E-state index in [-0.39, 0.29) is 4.90 Å². The molecule has 0 fully saturated rings. The summed E-state index contributed by atoms with van der Waals surface area (Å²) in [6, 6.07) is 27.6. The van der Waals surface area contributed by atoms with Crippen LogP contribution in [0, 0.1) is 0 Å². The molecule has 0 atom stereocenters. The van der Waals surface area contributed by atoms with Crippen molar-refractivity contribution in [1.82, 2.24) is 4.98 Å². The number of hydrogen-bond donors (Lipinski definition) is 0. The van der Waals surface area contributed by atoms with Crippen molar-refractivity contribution in [3.05, 3.63) is 114 Å². The molecule has 1 heterocycles. The molecular weight excluding hydrogens is 380 g/mol. The molecule has 0 saturated carbocycles. The summed E-state index contributed by atoms with van der Waals surface area (Å²) < 4.78 is 30.5. The molecule has 1 aromatic heterocycles. The summed E-state index contributed by atoms with van der Waals surface area (Å²) in [7, 11) is -3.96. The van der Waals surface area contributed by atoms with Gasteiger partial charge in [-0.3, -0.25) is 4.98 Å². The molecule has 0 bridgehead atoms. The van der Waals surface area contributed by atoms with Crippen LogP contribution >= 0.6 is 0 Å². The van der Waals surface area contributed by atoms with Gasteiger partial charge in [-0.1, -0.05) is 84.9 Å². The first-order valence-corrected chi connectivity index (χ1v) is 10.5. The maximum atomic E-state index is 13.2. The van der Waals surface area contributed by atoms with Crippen LogP contribution in [0.3, 0.4) is 0 Å². The largest absolute Gasteiger partial charge is 0.285 e. The Balaban J connectivity index is 1.84. The number of fused-ring (bicyclic) bond motifs is 1. The molecule has 3 aromatic carbocycles. The van der Waals surface area contributed by atoms with Gasteiger partial charge in [0.2, 0.25) is 0 Å². The fourth-order valence-electron chi connectivity index (χ4n) is 2.99. The topological polar surface area (TPSA) is 59.4 Å². The van der Waals surface area contributed by atoms with Crippen LogP contribution in [0.25, 0.3) is 17.0 Å². The summed E-state index contributed by atoms with van der Waals surface area (Å²) in [6.45, 7) is 0. The van der Waals surface area contributed by atoms with E-state index < -0.39 is 10.0 Å². The Labute approximate surface area is 170 Å². The predicted molar refractivity (Wildman–Crippen MR) is 117 cm³/mol. The van der Waals surface area contributed by atoms with E-state index in [0.29, 0.717) is 11.2 Å². The van der Waals surface area contributed by atoms with Gasteiger partial charge in [-0.25, -0.2) is 0 Å². The number of aromatic nitrogens is 1. The van der Waals surface area contributed by atoms with Crippen LogP contribution in [0.1, 0.15) is 11.1 Å². The fraction of sp³-hybridized carbons (Fsp3) is 0. The number of benzene rings is 3. The summed E-state index contributed by atoms with van der Waals surface area (Å²) >= 11 is 0. The Morgan fingerprint density at radius 3 is 2.24 bits per heavy atom. The molecule has 0 N–H and O–H groups in total. The highest BCUT2D eigenvalue weighted by atomic mass is 32.2. The first kappa shape index (κ1) is 18.8. The van der Waals surface area contributed by atoms with Gasteiger partial charge in [-0.15, -0.1) is 0 Å². The van der Waals surface area contributed by atoms with Crippen molar-refractivity contribution in [1.29, 1.82) is 0 Å². The Bertz CT molecular complexity index is 1290. The number of rotatable bonds is 5. The highest BCUT2D eigenvalue weighted by Gasteiger charge is 2.18. The van der Waals surface area contributed by atoms with Gasteiger partial charge in [0, 0.05) is 17.1 Å². The second kappa shape index (κ2) is 8.20. The zero-order chi connectivity index (χ0) is 20.1. The van der Waals surface area contributed by atoms with Gasteiger partial charge in [-0.05, 0) is 23.8 Å². The van der Waals surface area contributed by atoms with E-state index in [9.17, 15) is 8.42 Å². The third-order valence-electron chi connectivity index (χ3n) is 4.39. The summed E-state index contributed by atoms with van der Waals surface area (Å²) in [6.07, 6.45) is 5.15. The van der Waals surface area contributed by atoms with Gasteiger partial charge in [0.25, 0.3) is 10.0 Å². The number of allylic oxidation sites excluding steroid dienone is 1. The smallest absolute Gasteiger partial charge is 0.255 e. The van der Waals surface area contributed by atoms with E-state index in [1.165, 1.54) is 6.07 Å².